The van der Waals surface area contributed by atoms with E-state index in [0.717, 1.165) is 41.7 Å². The number of nitrogens with one attached hydrogen (secondary N) is 1. The monoisotopic (exact) mass is 356 g/mol. The van der Waals surface area contributed by atoms with Crippen LogP contribution in [0.5, 0.6) is 5.88 Å². The maximum absolute atomic E-state index is 5.99. The van der Waals surface area contributed by atoms with Crippen molar-refractivity contribution in [3.05, 3.63) is 53.6 Å². The van der Waals surface area contributed by atoms with Crippen LogP contribution in [0.1, 0.15) is 13.8 Å². The lowest BCUT2D eigenvalue weighted by atomic mass is 10.1. The molecule has 130 valence electrons. The number of benzene rings is 2. The molecular formula is C20H23ClN3O+. The van der Waals surface area contributed by atoms with Crippen LogP contribution in [-0.2, 0) is 0 Å². The van der Waals surface area contributed by atoms with Gasteiger partial charge in [-0.1, -0.05) is 41.9 Å². The Balaban J connectivity index is 1.89. The van der Waals surface area contributed by atoms with Gasteiger partial charge in [0.1, 0.15) is 18.8 Å². The van der Waals surface area contributed by atoms with Crippen LogP contribution in [0.3, 0.4) is 0 Å². The number of rotatable bonds is 7. The zero-order valence-corrected chi connectivity index (χ0v) is 15.4. The molecule has 0 aliphatic carbocycles. The van der Waals surface area contributed by atoms with Crippen molar-refractivity contribution in [2.24, 2.45) is 0 Å². The van der Waals surface area contributed by atoms with E-state index in [1.54, 1.807) is 0 Å². The first-order chi connectivity index (χ1) is 12.2. The van der Waals surface area contributed by atoms with Gasteiger partial charge < -0.3 is 9.64 Å². The summed E-state index contributed by atoms with van der Waals surface area (Å²) in [6, 6.07) is 15.7. The summed E-state index contributed by atoms with van der Waals surface area (Å²) in [5, 5.41) is 11.5. The van der Waals surface area contributed by atoms with Crippen LogP contribution in [0.15, 0.2) is 48.5 Å². The van der Waals surface area contributed by atoms with Crippen molar-refractivity contribution in [2.75, 3.05) is 26.2 Å². The first-order valence-corrected chi connectivity index (χ1v) is 9.08. The first kappa shape index (κ1) is 17.6. The molecule has 0 atom stereocenters. The molecule has 0 spiro atoms. The summed E-state index contributed by atoms with van der Waals surface area (Å²) in [5.41, 5.74) is 1.83. The highest BCUT2D eigenvalue weighted by Crippen LogP contribution is 2.31. The van der Waals surface area contributed by atoms with Crippen molar-refractivity contribution in [1.29, 1.82) is 0 Å². The van der Waals surface area contributed by atoms with Crippen molar-refractivity contribution >= 4 is 22.4 Å². The molecule has 1 heterocycles. The number of likely N-dealkylation sites (N-methyl/N-ethyl adjacent to an activating group) is 1. The van der Waals surface area contributed by atoms with Crippen LogP contribution in [0, 0.1) is 0 Å². The molecule has 5 heteroatoms. The van der Waals surface area contributed by atoms with Crippen LogP contribution >= 0.6 is 11.6 Å². The lowest BCUT2D eigenvalue weighted by Crippen LogP contribution is -3.12. The lowest BCUT2D eigenvalue weighted by Gasteiger charge is -2.16. The molecule has 4 nitrogen and oxygen atoms in total. The molecule has 25 heavy (non-hydrogen) atoms. The van der Waals surface area contributed by atoms with E-state index in [1.165, 1.54) is 4.90 Å². The van der Waals surface area contributed by atoms with E-state index < -0.39 is 0 Å². The molecule has 3 rings (SSSR count). The smallest absolute Gasteiger partial charge is 0.241 e. The van der Waals surface area contributed by atoms with E-state index in [4.69, 9.17) is 16.3 Å². The predicted molar refractivity (Wildman–Crippen MR) is 102 cm³/mol. The summed E-state index contributed by atoms with van der Waals surface area (Å²) in [7, 11) is 0. The molecule has 0 amide bonds. The number of quaternary nitrogens is 1. The van der Waals surface area contributed by atoms with Crippen molar-refractivity contribution in [3.8, 4) is 17.1 Å². The number of nitrogens with zero attached hydrogens (tertiary/aromatic N) is 2. The highest BCUT2D eigenvalue weighted by Gasteiger charge is 2.12. The molecule has 0 fully saturated rings. The van der Waals surface area contributed by atoms with Gasteiger partial charge in [0, 0.05) is 21.4 Å². The van der Waals surface area contributed by atoms with Gasteiger partial charge in [-0.05, 0) is 32.0 Å². The Morgan fingerprint density at radius 3 is 2.28 bits per heavy atom. The molecule has 2 aromatic carbocycles. The van der Waals surface area contributed by atoms with E-state index in [9.17, 15) is 0 Å². The average Bonchev–Trinajstić information content (AvgIpc) is 2.66. The number of aromatic nitrogens is 2. The van der Waals surface area contributed by atoms with E-state index in [-0.39, 0.29) is 0 Å². The lowest BCUT2D eigenvalue weighted by molar-refractivity contribution is -0.896. The fourth-order valence-corrected chi connectivity index (χ4v) is 3.03. The van der Waals surface area contributed by atoms with Gasteiger partial charge in [-0.3, -0.25) is 0 Å². The van der Waals surface area contributed by atoms with E-state index in [1.807, 2.05) is 42.5 Å². The number of fused-ring (bicyclic) bond motifs is 1. The van der Waals surface area contributed by atoms with Crippen molar-refractivity contribution in [2.45, 2.75) is 13.8 Å². The summed E-state index contributed by atoms with van der Waals surface area (Å²) in [5.74, 6) is 0.597. The van der Waals surface area contributed by atoms with Gasteiger partial charge in [-0.25, -0.2) is 0 Å². The minimum atomic E-state index is 0.597. The Morgan fingerprint density at radius 1 is 0.920 bits per heavy atom. The first-order valence-electron chi connectivity index (χ1n) is 8.70. The third kappa shape index (κ3) is 4.09. The van der Waals surface area contributed by atoms with Gasteiger partial charge in [0.25, 0.3) is 0 Å². The van der Waals surface area contributed by atoms with Gasteiger partial charge in [0.05, 0.1) is 13.1 Å². The normalized spacial score (nSPS) is 11.2. The third-order valence-electron chi connectivity index (χ3n) is 4.47. The molecule has 0 bridgehead atoms. The maximum Gasteiger partial charge on any atom is 0.241 e. The summed E-state index contributed by atoms with van der Waals surface area (Å²) in [4.78, 5) is 1.51. The summed E-state index contributed by atoms with van der Waals surface area (Å²) >= 11 is 5.99. The molecular weight excluding hydrogens is 334 g/mol. The van der Waals surface area contributed by atoms with Gasteiger partial charge >= 0.3 is 0 Å². The molecule has 0 saturated heterocycles. The Kier molecular flexibility index (Phi) is 5.84. The summed E-state index contributed by atoms with van der Waals surface area (Å²) in [6.07, 6.45) is 0. The molecule has 1 aromatic heterocycles. The van der Waals surface area contributed by atoms with Crippen LogP contribution < -0.4 is 9.64 Å². The summed E-state index contributed by atoms with van der Waals surface area (Å²) < 4.78 is 5.95. The number of halogens is 1. The minimum Gasteiger partial charge on any atom is -0.470 e. The van der Waals surface area contributed by atoms with E-state index in [2.05, 4.69) is 30.1 Å². The maximum atomic E-state index is 5.99. The molecule has 0 radical (unpaired) electrons. The molecule has 0 saturated carbocycles. The quantitative estimate of drug-likeness (QED) is 0.706. The van der Waals surface area contributed by atoms with Gasteiger partial charge in [0.2, 0.25) is 5.88 Å². The minimum absolute atomic E-state index is 0.597. The van der Waals surface area contributed by atoms with Crippen LogP contribution in [-0.4, -0.2) is 36.4 Å². The van der Waals surface area contributed by atoms with Crippen molar-refractivity contribution < 1.29 is 9.64 Å². The highest BCUT2D eigenvalue weighted by atomic mass is 35.5. The predicted octanol–water partition coefficient (Wildman–Crippen LogP) is 3.25. The van der Waals surface area contributed by atoms with Crippen LogP contribution in [0.25, 0.3) is 22.0 Å². The molecule has 0 unspecified atom stereocenters. The standard InChI is InChI=1S/C20H22ClN3O/c1-3-24(4-2)13-14-25-20-18-8-6-5-7-17(18)19(22-23-20)15-9-11-16(21)12-10-15/h5-12H,3-4,13-14H2,1-2H3/p+1. The fraction of sp³-hybridized carbons (Fsp3) is 0.300. The van der Waals surface area contributed by atoms with Crippen molar-refractivity contribution in [1.82, 2.24) is 10.2 Å². The molecule has 0 aliphatic rings. The summed E-state index contributed by atoms with van der Waals surface area (Å²) in [6.45, 7) is 8.17. The van der Waals surface area contributed by atoms with Gasteiger partial charge in [-0.2, -0.15) is 0 Å². The Labute approximate surface area is 153 Å². The second-order valence-electron chi connectivity index (χ2n) is 5.96. The number of ether oxygens (including phenoxy) is 1. The Hall–Kier alpha value is -2.17. The fourth-order valence-electron chi connectivity index (χ4n) is 2.90. The van der Waals surface area contributed by atoms with Gasteiger partial charge in [0.15, 0.2) is 0 Å². The molecule has 0 aliphatic heterocycles. The third-order valence-corrected chi connectivity index (χ3v) is 4.72. The molecule has 3 aromatic rings. The van der Waals surface area contributed by atoms with Crippen LogP contribution in [0.4, 0.5) is 0 Å². The van der Waals surface area contributed by atoms with E-state index in [0.29, 0.717) is 17.5 Å². The highest BCUT2D eigenvalue weighted by molar-refractivity contribution is 6.30. The SMILES string of the molecule is CC[NH+](CC)CCOc1nnc(-c2ccc(Cl)cc2)c2ccccc12. The molecule has 1 N–H and O–H groups in total. The van der Waals surface area contributed by atoms with Crippen molar-refractivity contribution in [3.63, 3.8) is 0 Å². The second kappa shape index (κ2) is 8.28. The van der Waals surface area contributed by atoms with Crippen LogP contribution in [0.2, 0.25) is 5.02 Å². The topological polar surface area (TPSA) is 39.5 Å². The number of hydrogen-bond acceptors (Lipinski definition) is 3. The zero-order valence-electron chi connectivity index (χ0n) is 14.6. The number of hydrogen-bond donors (Lipinski definition) is 1. The largest absolute Gasteiger partial charge is 0.470 e. The van der Waals surface area contributed by atoms with Gasteiger partial charge in [-0.15, -0.1) is 10.2 Å². The van der Waals surface area contributed by atoms with E-state index >= 15 is 0 Å². The zero-order chi connectivity index (χ0) is 17.6. The Morgan fingerprint density at radius 2 is 1.60 bits per heavy atom. The second-order valence-corrected chi connectivity index (χ2v) is 6.40. The average molecular weight is 357 g/mol. The Bertz CT molecular complexity index is 832.